The fraction of sp³-hybridized carbons (Fsp3) is 0.200. The van der Waals surface area contributed by atoms with E-state index in [0.717, 1.165) is 5.56 Å². The lowest BCUT2D eigenvalue weighted by atomic mass is 10.1. The lowest BCUT2D eigenvalue weighted by Crippen LogP contribution is -2.28. The van der Waals surface area contributed by atoms with Gasteiger partial charge in [-0.1, -0.05) is 47.6 Å². The van der Waals surface area contributed by atoms with E-state index < -0.39 is 10.0 Å². The van der Waals surface area contributed by atoms with Crippen molar-refractivity contribution in [1.82, 2.24) is 10.5 Å². The van der Waals surface area contributed by atoms with Gasteiger partial charge in [0.25, 0.3) is 15.9 Å². The molecule has 1 unspecified atom stereocenters. The van der Waals surface area contributed by atoms with Gasteiger partial charge in [-0.2, -0.15) is 0 Å². The standard InChI is InChI=1S/C20H21N3O4S/c1-13(16-9-5-4-6-10-16)21-20(24)17-11-7-8-12-18(17)23-28(25,26)19-14(2)22-27-15(19)3/h4-13,23H,1-3H3,(H,21,24). The Morgan fingerprint density at radius 2 is 1.68 bits per heavy atom. The number of rotatable bonds is 6. The molecule has 1 atom stereocenters. The zero-order chi connectivity index (χ0) is 20.3. The molecule has 8 heteroatoms. The van der Waals surface area contributed by atoms with E-state index in [1.54, 1.807) is 25.1 Å². The highest BCUT2D eigenvalue weighted by Gasteiger charge is 2.26. The van der Waals surface area contributed by atoms with Gasteiger partial charge in [-0.25, -0.2) is 8.42 Å². The molecule has 0 bridgehead atoms. The third kappa shape index (κ3) is 4.07. The summed E-state index contributed by atoms with van der Waals surface area (Å²) in [5.74, 6) is -0.196. The van der Waals surface area contributed by atoms with Gasteiger partial charge in [0.2, 0.25) is 0 Å². The summed E-state index contributed by atoms with van der Waals surface area (Å²) in [5, 5.41) is 6.57. The molecular weight excluding hydrogens is 378 g/mol. The molecule has 7 nitrogen and oxygen atoms in total. The third-order valence-corrected chi connectivity index (χ3v) is 5.91. The summed E-state index contributed by atoms with van der Waals surface area (Å²) in [7, 11) is -3.95. The van der Waals surface area contributed by atoms with Crippen molar-refractivity contribution in [3.05, 3.63) is 77.2 Å². The predicted octanol–water partition coefficient (Wildman–Crippen LogP) is 3.58. The second kappa shape index (κ2) is 7.85. The van der Waals surface area contributed by atoms with Gasteiger partial charge in [0, 0.05) is 0 Å². The van der Waals surface area contributed by atoms with E-state index in [2.05, 4.69) is 15.2 Å². The molecule has 0 spiro atoms. The van der Waals surface area contributed by atoms with Crippen molar-refractivity contribution in [3.63, 3.8) is 0 Å². The minimum absolute atomic E-state index is 0.0274. The molecule has 0 aliphatic rings. The van der Waals surface area contributed by atoms with Gasteiger partial charge >= 0.3 is 0 Å². The summed E-state index contributed by atoms with van der Waals surface area (Å²) < 4.78 is 33.0. The van der Waals surface area contributed by atoms with E-state index in [-0.39, 0.29) is 39.5 Å². The average Bonchev–Trinajstić information content (AvgIpc) is 3.01. The van der Waals surface area contributed by atoms with Crippen LogP contribution in [0.3, 0.4) is 0 Å². The Bertz CT molecular complexity index is 1070. The number of aromatic nitrogens is 1. The summed E-state index contributed by atoms with van der Waals surface area (Å²) in [6.45, 7) is 4.93. The van der Waals surface area contributed by atoms with Gasteiger partial charge in [0.15, 0.2) is 10.7 Å². The fourth-order valence-electron chi connectivity index (χ4n) is 2.92. The summed E-state index contributed by atoms with van der Waals surface area (Å²) in [6.07, 6.45) is 0. The summed E-state index contributed by atoms with van der Waals surface area (Å²) in [5.41, 5.74) is 1.61. The van der Waals surface area contributed by atoms with Crippen LogP contribution in [0, 0.1) is 13.8 Å². The van der Waals surface area contributed by atoms with Gasteiger partial charge in [0.05, 0.1) is 17.3 Å². The molecule has 0 radical (unpaired) electrons. The number of nitrogens with one attached hydrogen (secondary N) is 2. The first-order valence-corrected chi connectivity index (χ1v) is 10.2. The number of benzene rings is 2. The molecule has 146 valence electrons. The third-order valence-electron chi connectivity index (χ3n) is 4.30. The molecule has 1 amide bonds. The fourth-order valence-corrected chi connectivity index (χ4v) is 4.34. The minimum Gasteiger partial charge on any atom is -0.360 e. The van der Waals surface area contributed by atoms with Gasteiger partial charge in [-0.3, -0.25) is 9.52 Å². The molecule has 1 heterocycles. The number of carbonyl (C=O) groups excluding carboxylic acids is 1. The Hall–Kier alpha value is -3.13. The molecule has 0 aliphatic heterocycles. The molecule has 2 N–H and O–H groups in total. The number of hydrogen-bond acceptors (Lipinski definition) is 5. The summed E-state index contributed by atoms with van der Waals surface area (Å²) >= 11 is 0. The molecular formula is C20H21N3O4S. The second-order valence-corrected chi connectivity index (χ2v) is 8.03. The molecule has 3 rings (SSSR count). The van der Waals surface area contributed by atoms with Crippen molar-refractivity contribution < 1.29 is 17.7 Å². The number of sulfonamides is 1. The number of nitrogens with zero attached hydrogens (tertiary/aromatic N) is 1. The topological polar surface area (TPSA) is 101 Å². The lowest BCUT2D eigenvalue weighted by molar-refractivity contribution is 0.0941. The molecule has 0 saturated heterocycles. The first-order chi connectivity index (χ1) is 13.3. The molecule has 0 saturated carbocycles. The Kier molecular flexibility index (Phi) is 5.51. The number of para-hydroxylation sites is 1. The molecule has 0 fully saturated rings. The van der Waals surface area contributed by atoms with Crippen molar-refractivity contribution in [2.45, 2.75) is 31.7 Å². The van der Waals surface area contributed by atoms with Gasteiger partial charge in [0.1, 0.15) is 5.69 Å². The summed E-state index contributed by atoms with van der Waals surface area (Å²) in [6, 6.07) is 15.7. The van der Waals surface area contributed by atoms with Crippen LogP contribution in [0.5, 0.6) is 0 Å². The van der Waals surface area contributed by atoms with Crippen molar-refractivity contribution in [2.24, 2.45) is 0 Å². The first kappa shape index (κ1) is 19.6. The average molecular weight is 399 g/mol. The lowest BCUT2D eigenvalue weighted by Gasteiger charge is -2.16. The van der Waals surface area contributed by atoms with Crippen LogP contribution in [-0.2, 0) is 10.0 Å². The second-order valence-electron chi connectivity index (χ2n) is 6.41. The maximum atomic E-state index is 12.8. The maximum absolute atomic E-state index is 12.8. The van der Waals surface area contributed by atoms with E-state index in [1.807, 2.05) is 37.3 Å². The molecule has 3 aromatic rings. The summed E-state index contributed by atoms with van der Waals surface area (Å²) in [4.78, 5) is 12.8. The zero-order valence-corrected chi connectivity index (χ0v) is 16.6. The number of aryl methyl sites for hydroxylation is 2. The highest BCUT2D eigenvalue weighted by molar-refractivity contribution is 7.92. The monoisotopic (exact) mass is 399 g/mol. The number of hydrogen-bond donors (Lipinski definition) is 2. The zero-order valence-electron chi connectivity index (χ0n) is 15.8. The number of carbonyl (C=O) groups is 1. The minimum atomic E-state index is -3.95. The van der Waals surface area contributed by atoms with E-state index in [4.69, 9.17) is 4.52 Å². The van der Waals surface area contributed by atoms with Crippen LogP contribution in [0.1, 0.15) is 40.3 Å². The Morgan fingerprint density at radius 1 is 1.04 bits per heavy atom. The smallest absolute Gasteiger partial charge is 0.267 e. The van der Waals surface area contributed by atoms with Gasteiger partial charge in [-0.15, -0.1) is 0 Å². The normalized spacial score (nSPS) is 12.4. The van der Waals surface area contributed by atoms with Gasteiger partial charge in [-0.05, 0) is 38.5 Å². The first-order valence-electron chi connectivity index (χ1n) is 8.70. The highest BCUT2D eigenvalue weighted by atomic mass is 32.2. The van der Waals surface area contributed by atoms with Crippen LogP contribution >= 0.6 is 0 Å². The van der Waals surface area contributed by atoms with Crippen molar-refractivity contribution in [1.29, 1.82) is 0 Å². The maximum Gasteiger partial charge on any atom is 0.267 e. The van der Waals surface area contributed by atoms with E-state index in [0.29, 0.717) is 0 Å². The molecule has 0 aliphatic carbocycles. The Balaban J connectivity index is 1.86. The molecule has 2 aromatic carbocycles. The van der Waals surface area contributed by atoms with Crippen molar-refractivity contribution >= 4 is 21.6 Å². The van der Waals surface area contributed by atoms with Crippen molar-refractivity contribution in [3.8, 4) is 0 Å². The highest BCUT2D eigenvalue weighted by Crippen LogP contribution is 2.25. The largest absolute Gasteiger partial charge is 0.360 e. The predicted molar refractivity (Wildman–Crippen MR) is 106 cm³/mol. The van der Waals surface area contributed by atoms with E-state index >= 15 is 0 Å². The Labute approximate surface area is 163 Å². The van der Waals surface area contributed by atoms with Crippen LogP contribution in [0.2, 0.25) is 0 Å². The van der Waals surface area contributed by atoms with Crippen LogP contribution in [0.4, 0.5) is 5.69 Å². The quantitative estimate of drug-likeness (QED) is 0.660. The van der Waals surface area contributed by atoms with E-state index in [1.165, 1.54) is 13.0 Å². The van der Waals surface area contributed by atoms with Crippen molar-refractivity contribution in [2.75, 3.05) is 4.72 Å². The molecule has 1 aromatic heterocycles. The number of anilines is 1. The number of amides is 1. The van der Waals surface area contributed by atoms with Gasteiger partial charge < -0.3 is 9.84 Å². The van der Waals surface area contributed by atoms with Crippen LogP contribution in [0.15, 0.2) is 64.0 Å². The van der Waals surface area contributed by atoms with E-state index in [9.17, 15) is 13.2 Å². The Morgan fingerprint density at radius 3 is 2.32 bits per heavy atom. The van der Waals surface area contributed by atoms with Crippen LogP contribution in [-0.4, -0.2) is 19.5 Å². The molecule has 28 heavy (non-hydrogen) atoms. The van der Waals surface area contributed by atoms with Crippen LogP contribution < -0.4 is 10.0 Å². The SMILES string of the molecule is Cc1noc(C)c1S(=O)(=O)Nc1ccccc1C(=O)NC(C)c1ccccc1. The van der Waals surface area contributed by atoms with Crippen LogP contribution in [0.25, 0.3) is 0 Å².